The molecule has 1 unspecified atom stereocenters. The van der Waals surface area contributed by atoms with Crippen LogP contribution in [0.5, 0.6) is 0 Å². The Morgan fingerprint density at radius 2 is 2.28 bits per heavy atom. The van der Waals surface area contributed by atoms with E-state index in [2.05, 4.69) is 20.9 Å². The molecule has 0 saturated carbocycles. The Labute approximate surface area is 116 Å². The number of aromatic nitrogens is 1. The van der Waals surface area contributed by atoms with Gasteiger partial charge in [0.25, 0.3) is 0 Å². The summed E-state index contributed by atoms with van der Waals surface area (Å²) in [6.07, 6.45) is 0. The van der Waals surface area contributed by atoms with Crippen LogP contribution in [0, 0.1) is 5.82 Å². The maximum absolute atomic E-state index is 13.6. The van der Waals surface area contributed by atoms with Crippen LogP contribution in [0.1, 0.15) is 34.0 Å². The number of nitrogens with two attached hydrogens (primary N) is 1. The predicted molar refractivity (Wildman–Crippen MR) is 72.2 cm³/mol. The van der Waals surface area contributed by atoms with Crippen LogP contribution in [-0.4, -0.2) is 10.8 Å². The minimum atomic E-state index is -0.557. The quantitative estimate of drug-likeness (QED) is 0.879. The van der Waals surface area contributed by atoms with Crippen LogP contribution in [0.2, 0.25) is 0 Å². The average Bonchev–Trinajstić information content (AvgIpc) is 2.81. The van der Waals surface area contributed by atoms with E-state index < -0.39 is 11.6 Å². The van der Waals surface area contributed by atoms with Crippen LogP contribution >= 0.6 is 27.3 Å². The summed E-state index contributed by atoms with van der Waals surface area (Å²) >= 11 is 4.51. The van der Waals surface area contributed by atoms with E-state index in [0.29, 0.717) is 9.48 Å². The fraction of sp³-hybridized carbons (Fsp3) is 0.167. The maximum atomic E-state index is 13.6. The van der Waals surface area contributed by atoms with Crippen molar-refractivity contribution >= 4 is 33.0 Å². The number of carbonyl (C=O) groups excluding carboxylic acids is 1. The van der Waals surface area contributed by atoms with E-state index >= 15 is 0 Å². The molecule has 6 heteroatoms. The minimum Gasteiger partial charge on any atom is -0.322 e. The van der Waals surface area contributed by atoms with Gasteiger partial charge >= 0.3 is 0 Å². The van der Waals surface area contributed by atoms with E-state index in [-0.39, 0.29) is 17.3 Å². The highest BCUT2D eigenvalue weighted by Gasteiger charge is 2.18. The normalized spacial score (nSPS) is 12.4. The van der Waals surface area contributed by atoms with E-state index in [1.807, 2.05) is 0 Å². The summed E-state index contributed by atoms with van der Waals surface area (Å²) in [4.78, 5) is 16.2. The summed E-state index contributed by atoms with van der Waals surface area (Å²) < 4.78 is 14.2. The lowest BCUT2D eigenvalue weighted by Gasteiger charge is -2.01. The first kappa shape index (κ1) is 13.3. The number of ketones is 1. The first-order valence-electron chi connectivity index (χ1n) is 5.20. The van der Waals surface area contributed by atoms with Crippen LogP contribution < -0.4 is 5.73 Å². The highest BCUT2D eigenvalue weighted by Crippen LogP contribution is 2.21. The van der Waals surface area contributed by atoms with Gasteiger partial charge in [-0.15, -0.1) is 11.3 Å². The number of hydrogen-bond donors (Lipinski definition) is 1. The lowest BCUT2D eigenvalue weighted by Crippen LogP contribution is -2.08. The molecular weight excluding hydrogens is 319 g/mol. The van der Waals surface area contributed by atoms with Gasteiger partial charge in [0.1, 0.15) is 16.5 Å². The van der Waals surface area contributed by atoms with Crippen molar-refractivity contribution in [3.05, 3.63) is 50.1 Å². The number of carbonyl (C=O) groups is 1. The molecule has 0 amide bonds. The Bertz CT molecular complexity index is 598. The molecule has 2 rings (SSSR count). The topological polar surface area (TPSA) is 56.0 Å². The summed E-state index contributed by atoms with van der Waals surface area (Å²) in [5, 5.41) is 2.26. The Kier molecular flexibility index (Phi) is 3.89. The number of halogens is 2. The van der Waals surface area contributed by atoms with Crippen molar-refractivity contribution in [2.24, 2.45) is 5.73 Å². The van der Waals surface area contributed by atoms with Gasteiger partial charge in [0.05, 0.1) is 11.6 Å². The Morgan fingerprint density at radius 3 is 2.89 bits per heavy atom. The van der Waals surface area contributed by atoms with Crippen LogP contribution in [-0.2, 0) is 0 Å². The lowest BCUT2D eigenvalue weighted by atomic mass is 10.1. The molecule has 0 spiro atoms. The average molecular weight is 329 g/mol. The molecule has 0 aliphatic heterocycles. The summed E-state index contributed by atoms with van der Waals surface area (Å²) in [6.45, 7) is 1.78. The van der Waals surface area contributed by atoms with E-state index in [4.69, 9.17) is 5.73 Å². The molecule has 18 heavy (non-hydrogen) atoms. The molecule has 1 aromatic heterocycles. The molecule has 0 aliphatic rings. The third kappa shape index (κ3) is 2.66. The zero-order chi connectivity index (χ0) is 13.3. The number of benzene rings is 1. The molecule has 1 atom stereocenters. The number of hydrogen-bond acceptors (Lipinski definition) is 4. The third-order valence-electron chi connectivity index (χ3n) is 2.32. The van der Waals surface area contributed by atoms with E-state index in [0.717, 1.165) is 0 Å². The second kappa shape index (κ2) is 5.26. The van der Waals surface area contributed by atoms with Crippen molar-refractivity contribution in [1.82, 2.24) is 4.98 Å². The molecule has 0 fully saturated rings. The SMILES string of the molecule is CC(N)c1nc(C(=O)c2cc(Br)ccc2F)cs1. The predicted octanol–water partition coefficient (Wildman–Crippen LogP) is 3.30. The van der Waals surface area contributed by atoms with Crippen molar-refractivity contribution in [2.45, 2.75) is 13.0 Å². The second-order valence-electron chi connectivity index (χ2n) is 3.81. The summed E-state index contributed by atoms with van der Waals surface area (Å²) in [7, 11) is 0. The zero-order valence-electron chi connectivity index (χ0n) is 9.48. The van der Waals surface area contributed by atoms with Crippen molar-refractivity contribution in [3.8, 4) is 0 Å². The van der Waals surface area contributed by atoms with Crippen molar-refractivity contribution in [2.75, 3.05) is 0 Å². The van der Waals surface area contributed by atoms with E-state index in [1.54, 1.807) is 18.4 Å². The smallest absolute Gasteiger partial charge is 0.215 e. The Hall–Kier alpha value is -1.11. The minimum absolute atomic E-state index is 0.00546. The van der Waals surface area contributed by atoms with Crippen molar-refractivity contribution in [1.29, 1.82) is 0 Å². The second-order valence-corrected chi connectivity index (χ2v) is 5.62. The molecule has 0 saturated heterocycles. The van der Waals surface area contributed by atoms with Gasteiger partial charge in [0.15, 0.2) is 0 Å². The maximum Gasteiger partial charge on any atom is 0.215 e. The molecule has 3 nitrogen and oxygen atoms in total. The Morgan fingerprint density at radius 1 is 1.56 bits per heavy atom. The molecule has 1 aromatic carbocycles. The van der Waals surface area contributed by atoms with Crippen LogP contribution in [0.15, 0.2) is 28.1 Å². The largest absolute Gasteiger partial charge is 0.322 e. The fourth-order valence-corrected chi connectivity index (χ4v) is 2.53. The summed E-state index contributed by atoms with van der Waals surface area (Å²) in [5.41, 5.74) is 5.91. The van der Waals surface area contributed by atoms with Crippen molar-refractivity contribution < 1.29 is 9.18 Å². The van der Waals surface area contributed by atoms with E-state index in [1.165, 1.54) is 23.5 Å². The highest BCUT2D eigenvalue weighted by molar-refractivity contribution is 9.10. The van der Waals surface area contributed by atoms with Gasteiger partial charge in [-0.3, -0.25) is 4.79 Å². The first-order chi connectivity index (χ1) is 8.49. The van der Waals surface area contributed by atoms with Gasteiger partial charge in [0, 0.05) is 9.85 Å². The van der Waals surface area contributed by atoms with Gasteiger partial charge in [0.2, 0.25) is 5.78 Å². The molecule has 94 valence electrons. The highest BCUT2D eigenvalue weighted by atomic mass is 79.9. The van der Waals surface area contributed by atoms with Crippen molar-refractivity contribution in [3.63, 3.8) is 0 Å². The molecule has 1 heterocycles. The molecule has 0 aliphatic carbocycles. The van der Waals surface area contributed by atoms with Gasteiger partial charge in [-0.25, -0.2) is 9.37 Å². The number of nitrogens with zero attached hydrogens (tertiary/aromatic N) is 1. The number of rotatable bonds is 3. The molecule has 2 aromatic rings. The molecular formula is C12H10BrFN2OS. The van der Waals surface area contributed by atoms with Crippen LogP contribution in [0.4, 0.5) is 4.39 Å². The number of thiazole rings is 1. The van der Waals surface area contributed by atoms with Crippen LogP contribution in [0.3, 0.4) is 0 Å². The first-order valence-corrected chi connectivity index (χ1v) is 6.87. The van der Waals surface area contributed by atoms with E-state index in [9.17, 15) is 9.18 Å². The van der Waals surface area contributed by atoms with Gasteiger partial charge in [-0.1, -0.05) is 15.9 Å². The van der Waals surface area contributed by atoms with Gasteiger partial charge in [-0.05, 0) is 25.1 Å². The summed E-state index contributed by atoms with van der Waals surface area (Å²) in [5.74, 6) is -0.990. The van der Waals surface area contributed by atoms with Gasteiger partial charge < -0.3 is 5.73 Å². The van der Waals surface area contributed by atoms with Gasteiger partial charge in [-0.2, -0.15) is 0 Å². The monoisotopic (exact) mass is 328 g/mol. The molecule has 0 radical (unpaired) electrons. The standard InChI is InChI=1S/C12H10BrFN2OS/c1-6(15)12-16-10(5-18-12)11(17)8-4-7(13)2-3-9(8)14/h2-6H,15H2,1H3. The summed E-state index contributed by atoms with van der Waals surface area (Å²) in [6, 6.07) is 4.00. The fourth-order valence-electron chi connectivity index (χ4n) is 1.41. The lowest BCUT2D eigenvalue weighted by molar-refractivity contribution is 0.103. The molecule has 2 N–H and O–H groups in total. The molecule has 0 bridgehead atoms. The zero-order valence-corrected chi connectivity index (χ0v) is 11.9. The Balaban J connectivity index is 2.38. The third-order valence-corrected chi connectivity index (χ3v) is 3.86. The van der Waals surface area contributed by atoms with Crippen LogP contribution in [0.25, 0.3) is 0 Å².